The highest BCUT2D eigenvalue weighted by Crippen LogP contribution is 2.13. The molecule has 0 heterocycles. The minimum atomic E-state index is -1.01. The molecule has 134 valence electrons. The van der Waals surface area contributed by atoms with Gasteiger partial charge in [-0.05, 0) is 12.1 Å². The van der Waals surface area contributed by atoms with E-state index in [0.717, 1.165) is 0 Å². The number of ketones is 1. The van der Waals surface area contributed by atoms with Crippen LogP contribution in [-0.4, -0.2) is 17.6 Å². The van der Waals surface area contributed by atoms with Crippen molar-refractivity contribution in [2.24, 2.45) is 5.16 Å². The summed E-state index contributed by atoms with van der Waals surface area (Å²) in [7, 11) is 0. The van der Waals surface area contributed by atoms with E-state index in [4.69, 9.17) is 4.84 Å². The van der Waals surface area contributed by atoms with Crippen LogP contribution in [-0.2, 0) is 4.84 Å². The van der Waals surface area contributed by atoms with Crippen LogP contribution in [0.1, 0.15) is 15.9 Å². The molecule has 5 nitrogen and oxygen atoms in total. The standard InChI is InChI=1S/C21H15FN2O3/c22-17-13-7-8-14-18(17)23-21(26)27-24-19(15-9-3-1-4-10-15)20(25)16-11-5-2-6-12-16/h1-14H,(H,23,26)/b24-19-. The quantitative estimate of drug-likeness (QED) is 0.311. The van der Waals surface area contributed by atoms with Crippen molar-refractivity contribution in [2.75, 3.05) is 5.32 Å². The van der Waals surface area contributed by atoms with Gasteiger partial charge >= 0.3 is 6.09 Å². The number of hydrogen-bond acceptors (Lipinski definition) is 4. The molecular formula is C21H15FN2O3. The van der Waals surface area contributed by atoms with Crippen molar-refractivity contribution in [3.63, 3.8) is 0 Å². The van der Waals surface area contributed by atoms with Gasteiger partial charge in [-0.1, -0.05) is 78.0 Å². The molecule has 0 unspecified atom stereocenters. The summed E-state index contributed by atoms with van der Waals surface area (Å²) in [5.74, 6) is -1.01. The van der Waals surface area contributed by atoms with Gasteiger partial charge in [0.25, 0.3) is 0 Å². The molecule has 3 rings (SSSR count). The van der Waals surface area contributed by atoms with Crippen molar-refractivity contribution in [2.45, 2.75) is 0 Å². The number of benzene rings is 3. The summed E-state index contributed by atoms with van der Waals surface area (Å²) in [5, 5.41) is 5.97. The summed E-state index contributed by atoms with van der Waals surface area (Å²) in [6, 6.07) is 22.8. The topological polar surface area (TPSA) is 67.8 Å². The number of carbonyl (C=O) groups excluding carboxylic acids is 2. The average molecular weight is 362 g/mol. The van der Waals surface area contributed by atoms with Crippen molar-refractivity contribution >= 4 is 23.3 Å². The van der Waals surface area contributed by atoms with Gasteiger partial charge in [-0.15, -0.1) is 0 Å². The van der Waals surface area contributed by atoms with Crippen LogP contribution in [0.4, 0.5) is 14.9 Å². The van der Waals surface area contributed by atoms with Crippen molar-refractivity contribution < 1.29 is 18.8 Å². The van der Waals surface area contributed by atoms with Crippen LogP contribution in [0.25, 0.3) is 0 Å². The molecule has 0 spiro atoms. The smallest absolute Gasteiger partial charge is 0.297 e. The number of hydrogen-bond donors (Lipinski definition) is 1. The lowest BCUT2D eigenvalue weighted by Gasteiger charge is -2.07. The van der Waals surface area contributed by atoms with Gasteiger partial charge in [-0.3, -0.25) is 14.9 Å². The normalized spacial score (nSPS) is 10.9. The summed E-state index contributed by atoms with van der Waals surface area (Å²) >= 11 is 0. The first kappa shape index (κ1) is 18.0. The van der Waals surface area contributed by atoms with Crippen LogP contribution in [0.5, 0.6) is 0 Å². The highest BCUT2D eigenvalue weighted by Gasteiger charge is 2.18. The number of carbonyl (C=O) groups is 2. The molecule has 0 atom stereocenters. The second kappa shape index (κ2) is 8.53. The zero-order chi connectivity index (χ0) is 19.1. The minimum absolute atomic E-state index is 0.0366. The van der Waals surface area contributed by atoms with E-state index in [9.17, 15) is 14.0 Å². The first-order valence-electron chi connectivity index (χ1n) is 8.11. The van der Waals surface area contributed by atoms with E-state index in [0.29, 0.717) is 11.1 Å². The van der Waals surface area contributed by atoms with E-state index in [1.807, 2.05) is 0 Å². The van der Waals surface area contributed by atoms with Crippen molar-refractivity contribution in [1.29, 1.82) is 0 Å². The second-order valence-corrected chi connectivity index (χ2v) is 5.48. The number of anilines is 1. The van der Waals surface area contributed by atoms with Crippen molar-refractivity contribution in [3.8, 4) is 0 Å². The number of para-hydroxylation sites is 1. The summed E-state index contributed by atoms with van der Waals surface area (Å²) in [5.41, 5.74) is 0.807. The number of halogens is 1. The first-order valence-corrected chi connectivity index (χ1v) is 8.11. The number of nitrogens with one attached hydrogen (secondary N) is 1. The number of amides is 1. The Morgan fingerprint density at radius 1 is 0.778 bits per heavy atom. The van der Waals surface area contributed by atoms with E-state index < -0.39 is 17.7 Å². The fourth-order valence-corrected chi connectivity index (χ4v) is 2.33. The van der Waals surface area contributed by atoms with Gasteiger partial charge in [0.1, 0.15) is 5.82 Å². The SMILES string of the molecule is O=C(Nc1ccccc1F)O/N=C(\C(=O)c1ccccc1)c1ccccc1. The van der Waals surface area contributed by atoms with Gasteiger partial charge in [-0.25, -0.2) is 9.18 Å². The van der Waals surface area contributed by atoms with Crippen LogP contribution in [0.3, 0.4) is 0 Å². The molecule has 0 radical (unpaired) electrons. The summed E-state index contributed by atoms with van der Waals surface area (Å²) < 4.78 is 13.6. The maximum Gasteiger partial charge on any atom is 0.437 e. The lowest BCUT2D eigenvalue weighted by atomic mass is 10.0. The Balaban J connectivity index is 1.83. The van der Waals surface area contributed by atoms with Gasteiger partial charge in [0.05, 0.1) is 5.69 Å². The molecule has 0 fully saturated rings. The highest BCUT2D eigenvalue weighted by molar-refractivity contribution is 6.51. The number of Topliss-reactive ketones (excluding diaryl/α,β-unsaturated/α-hetero) is 1. The van der Waals surface area contributed by atoms with Crippen LogP contribution in [0.15, 0.2) is 90.1 Å². The molecule has 0 aromatic heterocycles. The summed E-state index contributed by atoms with van der Waals surface area (Å²) in [4.78, 5) is 29.5. The van der Waals surface area contributed by atoms with Crippen molar-refractivity contribution in [3.05, 3.63) is 102 Å². The van der Waals surface area contributed by atoms with E-state index in [1.54, 1.807) is 66.7 Å². The van der Waals surface area contributed by atoms with Crippen molar-refractivity contribution in [1.82, 2.24) is 0 Å². The molecule has 0 aliphatic carbocycles. The predicted octanol–water partition coefficient (Wildman–Crippen LogP) is 4.66. The zero-order valence-electron chi connectivity index (χ0n) is 14.1. The first-order chi connectivity index (χ1) is 13.1. The Bertz CT molecular complexity index is 973. The van der Waals surface area contributed by atoms with E-state index in [-0.39, 0.29) is 11.4 Å². The van der Waals surface area contributed by atoms with Gasteiger partial charge in [-0.2, -0.15) is 0 Å². The molecule has 1 N–H and O–H groups in total. The van der Waals surface area contributed by atoms with Crippen LogP contribution in [0.2, 0.25) is 0 Å². The maximum atomic E-state index is 13.6. The fourth-order valence-electron chi connectivity index (χ4n) is 2.33. The van der Waals surface area contributed by atoms with Crippen LogP contribution in [0, 0.1) is 5.82 Å². The lowest BCUT2D eigenvalue weighted by molar-refractivity contribution is 0.106. The maximum absolute atomic E-state index is 13.6. The van der Waals surface area contributed by atoms with E-state index in [2.05, 4.69) is 10.5 Å². The number of rotatable bonds is 5. The van der Waals surface area contributed by atoms with E-state index >= 15 is 0 Å². The number of nitrogens with zero attached hydrogens (tertiary/aromatic N) is 1. The monoisotopic (exact) mass is 362 g/mol. The van der Waals surface area contributed by atoms with Crippen LogP contribution >= 0.6 is 0 Å². The molecule has 0 saturated heterocycles. The largest absolute Gasteiger partial charge is 0.437 e. The fraction of sp³-hybridized carbons (Fsp3) is 0. The Morgan fingerprint density at radius 3 is 1.96 bits per heavy atom. The second-order valence-electron chi connectivity index (χ2n) is 5.48. The minimum Gasteiger partial charge on any atom is -0.297 e. The lowest BCUT2D eigenvalue weighted by Crippen LogP contribution is -2.19. The van der Waals surface area contributed by atoms with Gasteiger partial charge < -0.3 is 0 Å². The molecule has 6 heteroatoms. The Morgan fingerprint density at radius 2 is 1.33 bits per heavy atom. The van der Waals surface area contributed by atoms with Gasteiger partial charge in [0, 0.05) is 11.1 Å². The van der Waals surface area contributed by atoms with Crippen LogP contribution < -0.4 is 5.32 Å². The molecule has 0 aliphatic heterocycles. The molecule has 0 saturated carbocycles. The molecule has 3 aromatic carbocycles. The predicted molar refractivity (Wildman–Crippen MR) is 100 cm³/mol. The molecule has 1 amide bonds. The molecular weight excluding hydrogens is 347 g/mol. The third-order valence-corrected chi connectivity index (χ3v) is 3.63. The van der Waals surface area contributed by atoms with E-state index in [1.165, 1.54) is 18.2 Å². The highest BCUT2D eigenvalue weighted by atomic mass is 19.1. The zero-order valence-corrected chi connectivity index (χ0v) is 14.1. The average Bonchev–Trinajstić information content (AvgIpc) is 2.71. The summed E-state index contributed by atoms with van der Waals surface area (Å²) in [6.07, 6.45) is -1.01. The Hall–Kier alpha value is -3.80. The molecule has 27 heavy (non-hydrogen) atoms. The molecule has 0 aliphatic rings. The third kappa shape index (κ3) is 4.64. The number of oxime groups is 1. The Kier molecular flexibility index (Phi) is 5.69. The van der Waals surface area contributed by atoms with Gasteiger partial charge in [0.2, 0.25) is 5.78 Å². The third-order valence-electron chi connectivity index (χ3n) is 3.63. The summed E-state index contributed by atoms with van der Waals surface area (Å²) in [6.45, 7) is 0. The molecule has 3 aromatic rings. The molecule has 0 bridgehead atoms. The van der Waals surface area contributed by atoms with Gasteiger partial charge in [0.15, 0.2) is 5.71 Å². The Labute approximate surface area is 155 Å².